The van der Waals surface area contributed by atoms with Crippen LogP contribution in [0.15, 0.2) is 42.5 Å². The second-order valence-electron chi connectivity index (χ2n) is 8.88. The number of benzene rings is 1. The molecule has 1 atom stereocenters. The second-order valence-corrected chi connectivity index (χ2v) is 8.88. The van der Waals surface area contributed by atoms with Crippen molar-refractivity contribution in [2.75, 3.05) is 0 Å². The van der Waals surface area contributed by atoms with E-state index < -0.39 is 0 Å². The van der Waals surface area contributed by atoms with Gasteiger partial charge in [0.1, 0.15) is 0 Å². The summed E-state index contributed by atoms with van der Waals surface area (Å²) in [6.07, 6.45) is 2.23. The van der Waals surface area contributed by atoms with Crippen molar-refractivity contribution in [3.63, 3.8) is 0 Å². The number of fused-ring (bicyclic) bond motifs is 1. The number of amides is 1. The van der Waals surface area contributed by atoms with Crippen LogP contribution in [0.2, 0.25) is 0 Å². The normalized spacial score (nSPS) is 14.6. The van der Waals surface area contributed by atoms with Gasteiger partial charge in [-0.1, -0.05) is 18.2 Å². The minimum atomic E-state index is -0.0935. The van der Waals surface area contributed by atoms with Gasteiger partial charge in [0, 0.05) is 23.3 Å². The van der Waals surface area contributed by atoms with Crippen molar-refractivity contribution < 1.29 is 4.79 Å². The molecule has 3 heterocycles. The number of pyridine rings is 1. The molecule has 1 saturated carbocycles. The largest absolute Gasteiger partial charge is 0.348 e. The summed E-state index contributed by atoms with van der Waals surface area (Å²) in [4.78, 5) is 18.4. The van der Waals surface area contributed by atoms with Crippen molar-refractivity contribution >= 4 is 16.9 Å². The number of aromatic nitrogens is 5. The van der Waals surface area contributed by atoms with E-state index in [0.717, 1.165) is 52.3 Å². The number of nitrogens with one attached hydrogen (secondary N) is 1. The lowest BCUT2D eigenvalue weighted by atomic mass is 10.1. The van der Waals surface area contributed by atoms with Gasteiger partial charge in [-0.05, 0) is 64.8 Å². The fourth-order valence-electron chi connectivity index (χ4n) is 4.29. The molecular formula is C25H28N6O. The molecule has 0 unspecified atom stereocenters. The highest BCUT2D eigenvalue weighted by molar-refractivity contribution is 6.07. The van der Waals surface area contributed by atoms with Crippen LogP contribution in [-0.4, -0.2) is 36.5 Å². The van der Waals surface area contributed by atoms with E-state index in [9.17, 15) is 4.79 Å². The summed E-state index contributed by atoms with van der Waals surface area (Å²) < 4.78 is 3.80. The number of carbonyl (C=O) groups is 1. The lowest BCUT2D eigenvalue weighted by Gasteiger charge is -2.16. The number of nitrogens with zero attached hydrogens (tertiary/aromatic N) is 5. The minimum absolute atomic E-state index is 0.0717. The predicted molar refractivity (Wildman–Crippen MR) is 124 cm³/mol. The van der Waals surface area contributed by atoms with Crippen LogP contribution in [0.3, 0.4) is 0 Å². The molecule has 0 bridgehead atoms. The summed E-state index contributed by atoms with van der Waals surface area (Å²) in [6, 6.07) is 13.9. The lowest BCUT2D eigenvalue weighted by molar-refractivity contribution is 0.0937. The summed E-state index contributed by atoms with van der Waals surface area (Å²) in [5, 5.41) is 13.2. The zero-order chi connectivity index (χ0) is 22.4. The van der Waals surface area contributed by atoms with E-state index in [2.05, 4.69) is 10.4 Å². The first-order valence-electron chi connectivity index (χ1n) is 11.2. The van der Waals surface area contributed by atoms with Gasteiger partial charge in [-0.3, -0.25) is 9.48 Å². The third-order valence-electron chi connectivity index (χ3n) is 6.00. The Bertz CT molecular complexity index is 1300. The molecule has 1 N–H and O–H groups in total. The standard InChI is InChI=1S/C25H28N6O/c1-15-12-17(3)30(28-15)14-16(2)26-25(32)21-13-22(19-10-11-19)27-24-23(21)18(4)29-31(24)20-8-6-5-7-9-20/h5-9,12-13,16,19H,10-11,14H2,1-4H3,(H,26,32)/t16-/m1/s1. The Morgan fingerprint density at radius 3 is 2.53 bits per heavy atom. The predicted octanol–water partition coefficient (Wildman–Crippen LogP) is 4.24. The number of aryl methyl sites for hydroxylation is 3. The summed E-state index contributed by atoms with van der Waals surface area (Å²) >= 11 is 0. The molecule has 1 aliphatic carbocycles. The van der Waals surface area contributed by atoms with Crippen molar-refractivity contribution in [3.05, 3.63) is 70.8 Å². The van der Waals surface area contributed by atoms with Gasteiger partial charge >= 0.3 is 0 Å². The fraction of sp³-hybridized carbons (Fsp3) is 0.360. The molecule has 1 amide bonds. The number of rotatable bonds is 6. The Labute approximate surface area is 187 Å². The first kappa shape index (κ1) is 20.4. The van der Waals surface area contributed by atoms with Crippen LogP contribution in [0.5, 0.6) is 0 Å². The monoisotopic (exact) mass is 428 g/mol. The molecule has 4 aromatic rings. The van der Waals surface area contributed by atoms with Crippen LogP contribution in [0.1, 0.15) is 58.8 Å². The molecule has 0 saturated heterocycles. The number of hydrogen-bond acceptors (Lipinski definition) is 4. The van der Waals surface area contributed by atoms with Gasteiger partial charge in [-0.25, -0.2) is 9.67 Å². The van der Waals surface area contributed by atoms with E-state index in [4.69, 9.17) is 10.1 Å². The molecule has 1 fully saturated rings. The fourth-order valence-corrected chi connectivity index (χ4v) is 4.29. The van der Waals surface area contributed by atoms with Gasteiger partial charge in [-0.15, -0.1) is 0 Å². The molecule has 32 heavy (non-hydrogen) atoms. The van der Waals surface area contributed by atoms with E-state index >= 15 is 0 Å². The number of carbonyl (C=O) groups excluding carboxylic acids is 1. The van der Waals surface area contributed by atoms with Gasteiger partial charge in [0.25, 0.3) is 5.91 Å². The molecular weight excluding hydrogens is 400 g/mol. The Hall–Kier alpha value is -3.48. The van der Waals surface area contributed by atoms with Gasteiger partial charge < -0.3 is 5.32 Å². The van der Waals surface area contributed by atoms with Gasteiger partial charge in [0.05, 0.1) is 34.6 Å². The maximum absolute atomic E-state index is 13.4. The average molecular weight is 429 g/mol. The van der Waals surface area contributed by atoms with E-state index in [1.165, 1.54) is 0 Å². The zero-order valence-electron chi connectivity index (χ0n) is 19.0. The van der Waals surface area contributed by atoms with Crippen molar-refractivity contribution in [1.29, 1.82) is 0 Å². The molecule has 164 valence electrons. The number of hydrogen-bond donors (Lipinski definition) is 1. The topological polar surface area (TPSA) is 77.6 Å². The van der Waals surface area contributed by atoms with Crippen molar-refractivity contribution in [2.45, 2.75) is 59.0 Å². The molecule has 0 radical (unpaired) electrons. The first-order valence-corrected chi connectivity index (χ1v) is 11.2. The Morgan fingerprint density at radius 2 is 1.88 bits per heavy atom. The minimum Gasteiger partial charge on any atom is -0.348 e. The van der Waals surface area contributed by atoms with Crippen LogP contribution < -0.4 is 5.32 Å². The zero-order valence-corrected chi connectivity index (χ0v) is 19.0. The summed E-state index contributed by atoms with van der Waals surface area (Å²) in [5.41, 5.74) is 6.18. The Morgan fingerprint density at radius 1 is 1.12 bits per heavy atom. The molecule has 7 heteroatoms. The van der Waals surface area contributed by atoms with E-state index in [1.807, 2.05) is 79.5 Å². The molecule has 0 aliphatic heterocycles. The van der Waals surface area contributed by atoms with Crippen LogP contribution in [0.25, 0.3) is 16.7 Å². The van der Waals surface area contributed by atoms with Crippen LogP contribution in [-0.2, 0) is 6.54 Å². The second kappa shape index (κ2) is 7.89. The third kappa shape index (κ3) is 3.79. The molecule has 3 aromatic heterocycles. The van der Waals surface area contributed by atoms with Crippen LogP contribution in [0.4, 0.5) is 0 Å². The molecule has 0 spiro atoms. The van der Waals surface area contributed by atoms with Gasteiger partial charge in [-0.2, -0.15) is 10.2 Å². The van der Waals surface area contributed by atoms with E-state index in [-0.39, 0.29) is 11.9 Å². The van der Waals surface area contributed by atoms with E-state index in [0.29, 0.717) is 18.0 Å². The highest BCUT2D eigenvalue weighted by Crippen LogP contribution is 2.40. The smallest absolute Gasteiger partial charge is 0.252 e. The van der Waals surface area contributed by atoms with Gasteiger partial charge in [0.15, 0.2) is 5.65 Å². The highest BCUT2D eigenvalue weighted by Gasteiger charge is 2.29. The third-order valence-corrected chi connectivity index (χ3v) is 6.00. The highest BCUT2D eigenvalue weighted by atomic mass is 16.1. The average Bonchev–Trinajstić information content (AvgIpc) is 3.50. The Balaban J connectivity index is 1.52. The molecule has 1 aliphatic rings. The summed E-state index contributed by atoms with van der Waals surface area (Å²) in [6.45, 7) is 8.58. The van der Waals surface area contributed by atoms with E-state index in [1.54, 1.807) is 0 Å². The maximum Gasteiger partial charge on any atom is 0.252 e. The van der Waals surface area contributed by atoms with Gasteiger partial charge in [0.2, 0.25) is 0 Å². The Kier molecular flexibility index (Phi) is 5.04. The summed E-state index contributed by atoms with van der Waals surface area (Å²) in [7, 11) is 0. The number of para-hydroxylation sites is 1. The molecule has 1 aromatic carbocycles. The molecule has 7 nitrogen and oxygen atoms in total. The first-order chi connectivity index (χ1) is 15.4. The lowest BCUT2D eigenvalue weighted by Crippen LogP contribution is -2.36. The van der Waals surface area contributed by atoms with Crippen molar-refractivity contribution in [1.82, 2.24) is 29.9 Å². The quantitative estimate of drug-likeness (QED) is 0.498. The SMILES string of the molecule is Cc1cc(C)n(C[C@@H](C)NC(=O)c2cc(C3CC3)nc3c2c(C)nn3-c2ccccc2)n1. The summed E-state index contributed by atoms with van der Waals surface area (Å²) in [5.74, 6) is 0.335. The van der Waals surface area contributed by atoms with Crippen molar-refractivity contribution in [2.24, 2.45) is 0 Å². The van der Waals surface area contributed by atoms with Crippen LogP contribution >= 0.6 is 0 Å². The van der Waals surface area contributed by atoms with Crippen molar-refractivity contribution in [3.8, 4) is 5.69 Å². The maximum atomic E-state index is 13.4. The molecule has 5 rings (SSSR count). The van der Waals surface area contributed by atoms with Crippen LogP contribution in [0, 0.1) is 20.8 Å².